The fraction of sp³-hybridized carbons (Fsp3) is 0.333. The number of carbonyl (C=O) groups is 2. The fourth-order valence-corrected chi connectivity index (χ4v) is 2.79. The van der Waals surface area contributed by atoms with E-state index in [0.717, 1.165) is 5.56 Å². The lowest BCUT2D eigenvalue weighted by Crippen LogP contribution is -2.30. The first-order valence-electron chi connectivity index (χ1n) is 6.31. The zero-order valence-electron chi connectivity index (χ0n) is 10.1. The van der Waals surface area contributed by atoms with Crippen LogP contribution in [0.1, 0.15) is 18.4 Å². The van der Waals surface area contributed by atoms with E-state index in [4.69, 9.17) is 0 Å². The number of carbonyl (C=O) groups excluding carboxylic acids is 2. The number of hydrogen-bond acceptors (Lipinski definition) is 2. The molecule has 0 N–H and O–H groups in total. The Bertz CT molecular complexity index is 480. The molecule has 1 aliphatic carbocycles. The summed E-state index contributed by atoms with van der Waals surface area (Å²) in [5.41, 5.74) is 1.01. The van der Waals surface area contributed by atoms with E-state index in [0.29, 0.717) is 19.4 Å². The van der Waals surface area contributed by atoms with Gasteiger partial charge >= 0.3 is 0 Å². The number of likely N-dealkylation sites (tertiary alicyclic amines) is 1. The first-order chi connectivity index (χ1) is 8.77. The van der Waals surface area contributed by atoms with Gasteiger partial charge in [0.05, 0.1) is 18.4 Å². The molecule has 3 rings (SSSR count). The van der Waals surface area contributed by atoms with Crippen molar-refractivity contribution in [2.75, 3.05) is 0 Å². The summed E-state index contributed by atoms with van der Waals surface area (Å²) in [7, 11) is 0. The van der Waals surface area contributed by atoms with Crippen molar-refractivity contribution in [1.82, 2.24) is 4.90 Å². The van der Waals surface area contributed by atoms with Gasteiger partial charge in [0.15, 0.2) is 0 Å². The molecule has 0 aromatic heterocycles. The number of benzene rings is 1. The zero-order valence-corrected chi connectivity index (χ0v) is 10.1. The minimum Gasteiger partial charge on any atom is -0.278 e. The number of amides is 2. The lowest BCUT2D eigenvalue weighted by molar-refractivity contribution is -0.140. The van der Waals surface area contributed by atoms with Crippen LogP contribution in [0.2, 0.25) is 0 Å². The summed E-state index contributed by atoms with van der Waals surface area (Å²) in [5.74, 6) is -0.242. The van der Waals surface area contributed by atoms with E-state index in [1.165, 1.54) is 4.90 Å². The highest BCUT2D eigenvalue weighted by Crippen LogP contribution is 2.35. The number of nitrogens with zero attached hydrogens (tertiary/aromatic N) is 1. The quantitative estimate of drug-likeness (QED) is 0.587. The lowest BCUT2D eigenvalue weighted by atomic mass is 9.85. The van der Waals surface area contributed by atoms with E-state index in [2.05, 4.69) is 0 Å². The Hall–Kier alpha value is -1.90. The topological polar surface area (TPSA) is 37.4 Å². The van der Waals surface area contributed by atoms with Gasteiger partial charge in [-0.1, -0.05) is 42.5 Å². The van der Waals surface area contributed by atoms with Gasteiger partial charge in [0.1, 0.15) is 0 Å². The van der Waals surface area contributed by atoms with Gasteiger partial charge in [0, 0.05) is 0 Å². The van der Waals surface area contributed by atoms with Gasteiger partial charge in [-0.3, -0.25) is 14.5 Å². The van der Waals surface area contributed by atoms with Gasteiger partial charge in [0.2, 0.25) is 11.8 Å². The maximum Gasteiger partial charge on any atom is 0.233 e. The third-order valence-corrected chi connectivity index (χ3v) is 3.78. The highest BCUT2D eigenvalue weighted by atomic mass is 16.2. The van der Waals surface area contributed by atoms with E-state index in [-0.39, 0.29) is 23.7 Å². The molecule has 1 fully saturated rings. The van der Waals surface area contributed by atoms with Crippen LogP contribution in [-0.4, -0.2) is 16.7 Å². The van der Waals surface area contributed by atoms with Crippen LogP contribution in [0.25, 0.3) is 0 Å². The predicted octanol–water partition coefficient (Wildman–Crippen LogP) is 2.14. The minimum absolute atomic E-state index is 0.00166. The van der Waals surface area contributed by atoms with Gasteiger partial charge in [0.25, 0.3) is 0 Å². The maximum absolute atomic E-state index is 12.2. The molecular formula is C15H15NO2. The zero-order chi connectivity index (χ0) is 12.5. The Morgan fingerprint density at radius 3 is 2.06 bits per heavy atom. The van der Waals surface area contributed by atoms with Crippen LogP contribution in [0, 0.1) is 11.8 Å². The number of rotatable bonds is 2. The van der Waals surface area contributed by atoms with E-state index < -0.39 is 0 Å². The predicted molar refractivity (Wildman–Crippen MR) is 67.4 cm³/mol. The van der Waals surface area contributed by atoms with Crippen molar-refractivity contribution >= 4 is 11.8 Å². The van der Waals surface area contributed by atoms with Crippen LogP contribution in [0.4, 0.5) is 0 Å². The minimum atomic E-state index is -0.119. The molecular weight excluding hydrogens is 226 g/mol. The highest BCUT2D eigenvalue weighted by Gasteiger charge is 2.46. The van der Waals surface area contributed by atoms with Gasteiger partial charge < -0.3 is 0 Å². The first kappa shape index (κ1) is 11.2. The van der Waals surface area contributed by atoms with E-state index in [9.17, 15) is 9.59 Å². The van der Waals surface area contributed by atoms with Crippen molar-refractivity contribution in [3.63, 3.8) is 0 Å². The van der Waals surface area contributed by atoms with Crippen LogP contribution in [0.3, 0.4) is 0 Å². The summed E-state index contributed by atoms with van der Waals surface area (Å²) in [6.07, 6.45) is 5.44. The Labute approximate surface area is 106 Å². The van der Waals surface area contributed by atoms with E-state index in [1.807, 2.05) is 42.5 Å². The average molecular weight is 241 g/mol. The van der Waals surface area contributed by atoms with Crippen LogP contribution in [0.5, 0.6) is 0 Å². The third kappa shape index (κ3) is 1.76. The molecule has 0 radical (unpaired) electrons. The molecule has 18 heavy (non-hydrogen) atoms. The fourth-order valence-electron chi connectivity index (χ4n) is 2.79. The standard InChI is InChI=1S/C15H15NO2/c17-14-12-8-4-5-9-13(12)15(18)16(14)10-11-6-2-1-3-7-11/h1-7,12-13H,8-10H2/t12-,13+. The van der Waals surface area contributed by atoms with Gasteiger partial charge in [-0.2, -0.15) is 0 Å². The first-order valence-corrected chi connectivity index (χ1v) is 6.31. The molecule has 2 atom stereocenters. The summed E-state index contributed by atoms with van der Waals surface area (Å²) in [4.78, 5) is 25.9. The van der Waals surface area contributed by atoms with Crippen molar-refractivity contribution < 1.29 is 9.59 Å². The molecule has 1 saturated heterocycles. The molecule has 0 spiro atoms. The molecule has 1 aromatic carbocycles. The molecule has 3 heteroatoms. The summed E-state index contributed by atoms with van der Waals surface area (Å²) < 4.78 is 0. The Kier molecular flexibility index (Phi) is 2.74. The van der Waals surface area contributed by atoms with Gasteiger partial charge in [-0.25, -0.2) is 0 Å². The maximum atomic E-state index is 12.2. The average Bonchev–Trinajstić information content (AvgIpc) is 2.66. The number of hydrogen-bond donors (Lipinski definition) is 0. The highest BCUT2D eigenvalue weighted by molar-refractivity contribution is 6.05. The van der Waals surface area contributed by atoms with Crippen LogP contribution >= 0.6 is 0 Å². The molecule has 1 heterocycles. The molecule has 92 valence electrons. The number of imide groups is 1. The molecule has 2 amide bonds. The second-order valence-electron chi connectivity index (χ2n) is 4.90. The van der Waals surface area contributed by atoms with Gasteiger partial charge in [-0.05, 0) is 18.4 Å². The number of allylic oxidation sites excluding steroid dienone is 2. The smallest absolute Gasteiger partial charge is 0.233 e. The van der Waals surface area contributed by atoms with Crippen molar-refractivity contribution in [2.45, 2.75) is 19.4 Å². The van der Waals surface area contributed by atoms with Crippen molar-refractivity contribution in [2.24, 2.45) is 11.8 Å². The second-order valence-corrected chi connectivity index (χ2v) is 4.90. The van der Waals surface area contributed by atoms with Crippen molar-refractivity contribution in [3.05, 3.63) is 48.0 Å². The Morgan fingerprint density at radius 1 is 0.944 bits per heavy atom. The molecule has 0 saturated carbocycles. The third-order valence-electron chi connectivity index (χ3n) is 3.78. The molecule has 1 aromatic rings. The molecule has 0 bridgehead atoms. The van der Waals surface area contributed by atoms with E-state index in [1.54, 1.807) is 0 Å². The molecule has 3 nitrogen and oxygen atoms in total. The SMILES string of the molecule is O=C1[C@H]2CC=CC[C@H]2C(=O)N1Cc1ccccc1. The van der Waals surface area contributed by atoms with Crippen LogP contribution in [0.15, 0.2) is 42.5 Å². The molecule has 0 unspecified atom stereocenters. The summed E-state index contributed by atoms with van der Waals surface area (Å²) in [5, 5.41) is 0. The van der Waals surface area contributed by atoms with Crippen molar-refractivity contribution in [3.8, 4) is 0 Å². The molecule has 1 aliphatic heterocycles. The van der Waals surface area contributed by atoms with Crippen molar-refractivity contribution in [1.29, 1.82) is 0 Å². The lowest BCUT2D eigenvalue weighted by Gasteiger charge is -2.14. The Morgan fingerprint density at radius 2 is 1.50 bits per heavy atom. The number of fused-ring (bicyclic) bond motifs is 1. The second kappa shape index (κ2) is 4.41. The Balaban J connectivity index is 1.82. The normalized spacial score (nSPS) is 26.6. The molecule has 2 aliphatic rings. The van der Waals surface area contributed by atoms with Crippen LogP contribution in [-0.2, 0) is 16.1 Å². The summed E-state index contributed by atoms with van der Waals surface area (Å²) >= 11 is 0. The summed E-state index contributed by atoms with van der Waals surface area (Å²) in [6, 6.07) is 9.67. The summed E-state index contributed by atoms with van der Waals surface area (Å²) in [6.45, 7) is 0.408. The van der Waals surface area contributed by atoms with Gasteiger partial charge in [-0.15, -0.1) is 0 Å². The van der Waals surface area contributed by atoms with E-state index >= 15 is 0 Å². The van der Waals surface area contributed by atoms with Crippen LogP contribution < -0.4 is 0 Å². The monoisotopic (exact) mass is 241 g/mol. The largest absolute Gasteiger partial charge is 0.278 e.